The van der Waals surface area contributed by atoms with Crippen molar-refractivity contribution in [3.8, 4) is 0 Å². The fourth-order valence-electron chi connectivity index (χ4n) is 1.37. The third kappa shape index (κ3) is 3.36. The van der Waals surface area contributed by atoms with E-state index < -0.39 is 5.97 Å². The van der Waals surface area contributed by atoms with Gasteiger partial charge in [0.25, 0.3) is 0 Å². The van der Waals surface area contributed by atoms with Gasteiger partial charge in [0.15, 0.2) is 0 Å². The molecule has 0 unspecified atom stereocenters. The molecular weight excluding hydrogens is 232 g/mol. The molecule has 2 nitrogen and oxygen atoms in total. The van der Waals surface area contributed by atoms with Crippen molar-refractivity contribution < 1.29 is 9.90 Å². The molecule has 0 aliphatic carbocycles. The number of hydrogen-bond donors (Lipinski definition) is 1. The molecule has 0 saturated carbocycles. The molecule has 85 valence electrons. The van der Waals surface area contributed by atoms with Gasteiger partial charge < -0.3 is 5.11 Å². The normalized spacial score (nSPS) is 10.1. The molecule has 2 rings (SSSR count). The van der Waals surface area contributed by atoms with Crippen LogP contribution in [0.5, 0.6) is 0 Å². The van der Waals surface area contributed by atoms with Gasteiger partial charge in [-0.15, -0.1) is 11.8 Å². The molecule has 3 heteroatoms. The molecule has 0 bridgehead atoms. The average Bonchev–Trinajstić information content (AvgIpc) is 2.38. The Kier molecular flexibility index (Phi) is 3.83. The van der Waals surface area contributed by atoms with Gasteiger partial charge in [-0.3, -0.25) is 0 Å². The van der Waals surface area contributed by atoms with Gasteiger partial charge in [0.2, 0.25) is 0 Å². The Morgan fingerprint density at radius 1 is 1.18 bits per heavy atom. The van der Waals surface area contributed by atoms with Gasteiger partial charge in [-0.05, 0) is 29.8 Å². The molecule has 0 aromatic heterocycles. The average molecular weight is 243 g/mol. The summed E-state index contributed by atoms with van der Waals surface area (Å²) in [6, 6.07) is 18.0. The number of hydrogen-bond acceptors (Lipinski definition) is 2. The summed E-state index contributed by atoms with van der Waals surface area (Å²) in [7, 11) is 0. The van der Waals surface area contributed by atoms with Crippen molar-refractivity contribution in [2.24, 2.45) is 0 Å². The number of rotatable bonds is 4. The maximum Gasteiger partial charge on any atom is 0.336 e. The van der Waals surface area contributed by atoms with E-state index in [-0.39, 0.29) is 5.56 Å². The lowest BCUT2D eigenvalue weighted by atomic mass is 10.2. The summed E-state index contributed by atoms with van der Waals surface area (Å²) in [5.74, 6) is -0.0641. The third-order valence-electron chi connectivity index (χ3n) is 2.26. The molecule has 0 saturated heterocycles. The summed E-state index contributed by atoms with van der Waals surface area (Å²) >= 11 is 1.67. The largest absolute Gasteiger partial charge is 0.478 e. The second-order valence-electron chi connectivity index (χ2n) is 3.52. The van der Waals surface area contributed by atoms with Crippen molar-refractivity contribution in [2.75, 3.05) is 0 Å². The Morgan fingerprint density at radius 2 is 1.94 bits per heavy atom. The van der Waals surface area contributed by atoms with E-state index >= 15 is 0 Å². The van der Waals surface area contributed by atoms with Crippen LogP contribution in [0.2, 0.25) is 0 Å². The Labute approximate surface area is 104 Å². The highest BCUT2D eigenvalue weighted by Crippen LogP contribution is 2.22. The minimum atomic E-state index is -0.940. The van der Waals surface area contributed by atoms with Crippen molar-refractivity contribution in [1.82, 2.24) is 0 Å². The Hall–Kier alpha value is -1.74. The Balaban J connectivity index is 1.98. The van der Waals surface area contributed by atoms with E-state index in [1.807, 2.05) is 24.3 Å². The van der Waals surface area contributed by atoms with Crippen molar-refractivity contribution >= 4 is 17.7 Å². The monoisotopic (exact) mass is 243 g/mol. The molecule has 1 N–H and O–H groups in total. The third-order valence-corrected chi connectivity index (χ3v) is 3.33. The molecule has 2 aromatic carbocycles. The van der Waals surface area contributed by atoms with Gasteiger partial charge in [-0.2, -0.15) is 0 Å². The van der Waals surface area contributed by atoms with E-state index in [0.29, 0.717) is 0 Å². The van der Waals surface area contributed by atoms with Crippen LogP contribution in [0.25, 0.3) is 0 Å². The van der Waals surface area contributed by atoms with Gasteiger partial charge in [0, 0.05) is 10.6 Å². The highest BCUT2D eigenvalue weighted by atomic mass is 32.2. The van der Waals surface area contributed by atoms with Crippen LogP contribution < -0.4 is 0 Å². The van der Waals surface area contributed by atoms with Crippen molar-refractivity contribution in [2.45, 2.75) is 10.6 Å². The van der Waals surface area contributed by atoms with Crippen LogP contribution in [0.15, 0.2) is 53.4 Å². The molecule has 1 radical (unpaired) electrons. The van der Waals surface area contributed by atoms with Crippen LogP contribution in [-0.4, -0.2) is 11.1 Å². The fourth-order valence-corrected chi connectivity index (χ4v) is 2.21. The molecule has 17 heavy (non-hydrogen) atoms. The lowest BCUT2D eigenvalue weighted by Crippen LogP contribution is -1.95. The summed E-state index contributed by atoms with van der Waals surface area (Å²) in [4.78, 5) is 11.7. The number of thioether (sulfide) groups is 1. The van der Waals surface area contributed by atoms with Gasteiger partial charge in [0.1, 0.15) is 0 Å². The summed E-state index contributed by atoms with van der Waals surface area (Å²) in [6.45, 7) is 0. The second kappa shape index (κ2) is 5.55. The van der Waals surface area contributed by atoms with Gasteiger partial charge in [-0.1, -0.05) is 30.3 Å². The Morgan fingerprint density at radius 3 is 2.53 bits per heavy atom. The zero-order valence-corrected chi connectivity index (χ0v) is 9.91. The highest BCUT2D eigenvalue weighted by Gasteiger charge is 2.02. The maximum atomic E-state index is 10.7. The molecule has 0 atom stereocenters. The summed E-state index contributed by atoms with van der Waals surface area (Å²) in [5, 5.41) is 8.75. The first-order chi connectivity index (χ1) is 8.25. The van der Waals surface area contributed by atoms with Crippen molar-refractivity contribution in [3.05, 3.63) is 65.7 Å². The predicted molar refractivity (Wildman–Crippen MR) is 68.2 cm³/mol. The van der Waals surface area contributed by atoms with E-state index in [4.69, 9.17) is 5.11 Å². The van der Waals surface area contributed by atoms with Gasteiger partial charge >= 0.3 is 5.97 Å². The zero-order chi connectivity index (χ0) is 12.1. The van der Waals surface area contributed by atoms with Crippen LogP contribution in [0.4, 0.5) is 0 Å². The van der Waals surface area contributed by atoms with Crippen LogP contribution in [0.1, 0.15) is 15.9 Å². The van der Waals surface area contributed by atoms with E-state index in [1.54, 1.807) is 23.9 Å². The lowest BCUT2D eigenvalue weighted by molar-refractivity contribution is 0.0696. The quantitative estimate of drug-likeness (QED) is 0.835. The molecule has 0 aliphatic rings. The number of carbonyl (C=O) groups is 1. The van der Waals surface area contributed by atoms with Crippen molar-refractivity contribution in [1.29, 1.82) is 0 Å². The number of carboxylic acids is 1. The molecule has 2 aromatic rings. The van der Waals surface area contributed by atoms with E-state index in [9.17, 15) is 4.79 Å². The maximum absolute atomic E-state index is 10.7. The molecular formula is C14H11O2S. The summed E-state index contributed by atoms with van der Waals surface area (Å²) in [5.41, 5.74) is 1.45. The SMILES string of the molecule is O=C(O)c1[c]cc(SCc2ccccc2)cc1. The Bertz CT molecular complexity index is 491. The first-order valence-electron chi connectivity index (χ1n) is 5.17. The van der Waals surface area contributed by atoms with E-state index in [2.05, 4.69) is 18.2 Å². The lowest BCUT2D eigenvalue weighted by Gasteiger charge is -2.02. The first-order valence-corrected chi connectivity index (χ1v) is 6.16. The minimum absolute atomic E-state index is 0.203. The molecule has 0 fully saturated rings. The van der Waals surface area contributed by atoms with E-state index in [1.165, 1.54) is 5.56 Å². The van der Waals surface area contributed by atoms with Gasteiger partial charge in [0.05, 0.1) is 5.56 Å². The molecule has 0 spiro atoms. The summed E-state index contributed by atoms with van der Waals surface area (Å²) < 4.78 is 0. The van der Waals surface area contributed by atoms with Gasteiger partial charge in [-0.25, -0.2) is 4.79 Å². The topological polar surface area (TPSA) is 37.3 Å². The van der Waals surface area contributed by atoms with Crippen LogP contribution in [-0.2, 0) is 5.75 Å². The standard InChI is InChI=1S/C14H11O2S/c15-14(16)12-6-8-13(9-7-12)17-10-11-4-2-1-3-5-11/h1-6,8-9H,10H2,(H,15,16). The number of carboxylic acid groups (broad SMARTS) is 1. The fraction of sp³-hybridized carbons (Fsp3) is 0.0714. The predicted octanol–water partition coefficient (Wildman–Crippen LogP) is 3.48. The molecule has 0 heterocycles. The van der Waals surface area contributed by atoms with Crippen LogP contribution in [0, 0.1) is 6.07 Å². The summed E-state index contributed by atoms with van der Waals surface area (Å²) in [6.07, 6.45) is 0. The minimum Gasteiger partial charge on any atom is -0.478 e. The second-order valence-corrected chi connectivity index (χ2v) is 4.57. The number of aromatic carboxylic acids is 1. The molecule has 0 aliphatic heterocycles. The van der Waals surface area contributed by atoms with E-state index in [0.717, 1.165) is 10.6 Å². The highest BCUT2D eigenvalue weighted by molar-refractivity contribution is 7.98. The first kappa shape index (κ1) is 11.7. The van der Waals surface area contributed by atoms with Crippen molar-refractivity contribution in [3.63, 3.8) is 0 Å². The van der Waals surface area contributed by atoms with Crippen LogP contribution in [0.3, 0.4) is 0 Å². The number of benzene rings is 2. The van der Waals surface area contributed by atoms with Crippen LogP contribution >= 0.6 is 11.8 Å². The smallest absolute Gasteiger partial charge is 0.336 e. The molecule has 0 amide bonds. The zero-order valence-electron chi connectivity index (χ0n) is 9.09.